The van der Waals surface area contributed by atoms with Crippen molar-refractivity contribution in [3.63, 3.8) is 0 Å². The minimum atomic E-state index is -0.155. The van der Waals surface area contributed by atoms with Gasteiger partial charge in [-0.2, -0.15) is 0 Å². The van der Waals surface area contributed by atoms with E-state index in [2.05, 4.69) is 45.5 Å². The van der Waals surface area contributed by atoms with E-state index in [0.717, 1.165) is 15.7 Å². The third-order valence-electron chi connectivity index (χ3n) is 3.54. The van der Waals surface area contributed by atoms with E-state index < -0.39 is 0 Å². The van der Waals surface area contributed by atoms with Crippen LogP contribution in [0.4, 0.5) is 10.1 Å². The van der Waals surface area contributed by atoms with Crippen LogP contribution in [0, 0.1) is 12.7 Å². The number of halogens is 2. The average Bonchev–Trinajstić information content (AvgIpc) is 2.48. The molecule has 0 spiro atoms. The van der Waals surface area contributed by atoms with Gasteiger partial charge in [0.2, 0.25) is 0 Å². The summed E-state index contributed by atoms with van der Waals surface area (Å²) in [4.78, 5) is 0. The monoisotopic (exact) mass is 343 g/mol. The van der Waals surface area contributed by atoms with Crippen molar-refractivity contribution < 1.29 is 4.39 Å². The minimum Gasteiger partial charge on any atom is -0.381 e. The van der Waals surface area contributed by atoms with Crippen LogP contribution in [-0.4, -0.2) is 0 Å². The second-order valence-electron chi connectivity index (χ2n) is 5.14. The molecule has 0 aliphatic carbocycles. The zero-order valence-corrected chi connectivity index (χ0v) is 13.2. The van der Waals surface area contributed by atoms with Gasteiger partial charge >= 0.3 is 0 Å². The molecule has 1 nitrogen and oxygen atoms in total. The van der Waals surface area contributed by atoms with Crippen molar-refractivity contribution in [2.24, 2.45) is 0 Å². The van der Waals surface area contributed by atoms with Gasteiger partial charge in [-0.1, -0.05) is 40.2 Å². The van der Waals surface area contributed by atoms with Crippen molar-refractivity contribution in [1.29, 1.82) is 0 Å². The lowest BCUT2D eigenvalue weighted by Crippen LogP contribution is -2.00. The average molecular weight is 344 g/mol. The molecule has 106 valence electrons. The summed E-state index contributed by atoms with van der Waals surface area (Å²) < 4.78 is 14.6. The Kier molecular flexibility index (Phi) is 3.93. The smallest absolute Gasteiger partial charge is 0.126 e. The maximum absolute atomic E-state index is 13.5. The quantitative estimate of drug-likeness (QED) is 0.646. The van der Waals surface area contributed by atoms with Gasteiger partial charge in [-0.15, -0.1) is 0 Å². The summed E-state index contributed by atoms with van der Waals surface area (Å²) in [5, 5.41) is 5.71. The Morgan fingerprint density at radius 3 is 2.52 bits per heavy atom. The zero-order valence-electron chi connectivity index (χ0n) is 11.7. The molecule has 0 saturated carbocycles. The molecular formula is C18H15BrFN. The Morgan fingerprint density at radius 1 is 0.952 bits per heavy atom. The summed E-state index contributed by atoms with van der Waals surface area (Å²) >= 11 is 3.47. The summed E-state index contributed by atoms with van der Waals surface area (Å²) in [5.41, 5.74) is 2.65. The number of hydrogen-bond donors (Lipinski definition) is 1. The van der Waals surface area contributed by atoms with Gasteiger partial charge in [-0.3, -0.25) is 0 Å². The Balaban J connectivity index is 1.78. The third-order valence-corrected chi connectivity index (χ3v) is 4.03. The zero-order chi connectivity index (χ0) is 14.8. The molecule has 0 amide bonds. The topological polar surface area (TPSA) is 12.0 Å². The Bertz CT molecular complexity index is 798. The molecular weight excluding hydrogens is 329 g/mol. The summed E-state index contributed by atoms with van der Waals surface area (Å²) in [7, 11) is 0. The van der Waals surface area contributed by atoms with Crippen LogP contribution in [0.5, 0.6) is 0 Å². The second-order valence-corrected chi connectivity index (χ2v) is 6.06. The molecule has 0 atom stereocenters. The summed E-state index contributed by atoms with van der Waals surface area (Å²) in [5.74, 6) is -0.155. The Hall–Kier alpha value is -1.87. The first-order valence-electron chi connectivity index (χ1n) is 6.80. The van der Waals surface area contributed by atoms with Crippen LogP contribution in [0.3, 0.4) is 0 Å². The highest BCUT2D eigenvalue weighted by Crippen LogP contribution is 2.23. The van der Waals surface area contributed by atoms with E-state index in [1.165, 1.54) is 10.8 Å². The van der Waals surface area contributed by atoms with E-state index in [9.17, 15) is 4.39 Å². The molecule has 3 heteroatoms. The molecule has 0 aliphatic heterocycles. The molecule has 0 fully saturated rings. The predicted molar refractivity (Wildman–Crippen MR) is 90.1 cm³/mol. The lowest BCUT2D eigenvalue weighted by molar-refractivity contribution is 0.616. The normalized spacial score (nSPS) is 10.8. The molecule has 3 aromatic rings. The number of rotatable bonds is 3. The van der Waals surface area contributed by atoms with Gasteiger partial charge in [0.15, 0.2) is 0 Å². The molecule has 3 aromatic carbocycles. The van der Waals surface area contributed by atoms with Crippen molar-refractivity contribution in [3.8, 4) is 0 Å². The predicted octanol–water partition coefficient (Wildman–Crippen LogP) is 5.66. The molecule has 0 heterocycles. The lowest BCUT2D eigenvalue weighted by atomic mass is 10.1. The van der Waals surface area contributed by atoms with Gasteiger partial charge in [0, 0.05) is 16.7 Å². The van der Waals surface area contributed by atoms with Crippen molar-refractivity contribution in [1.82, 2.24) is 0 Å². The minimum absolute atomic E-state index is 0.155. The third kappa shape index (κ3) is 3.24. The molecule has 0 bridgehead atoms. The summed E-state index contributed by atoms with van der Waals surface area (Å²) in [6.45, 7) is 2.38. The molecule has 0 radical (unpaired) electrons. The van der Waals surface area contributed by atoms with Gasteiger partial charge in [0.05, 0.1) is 0 Å². The number of benzene rings is 3. The van der Waals surface area contributed by atoms with E-state index in [1.807, 2.05) is 24.3 Å². The van der Waals surface area contributed by atoms with Crippen LogP contribution >= 0.6 is 15.9 Å². The van der Waals surface area contributed by atoms with Crippen molar-refractivity contribution in [2.75, 3.05) is 5.32 Å². The van der Waals surface area contributed by atoms with Crippen LogP contribution < -0.4 is 5.32 Å². The first-order chi connectivity index (χ1) is 10.1. The van der Waals surface area contributed by atoms with Crippen LogP contribution in [0.25, 0.3) is 10.8 Å². The van der Waals surface area contributed by atoms with Gasteiger partial charge in [0.1, 0.15) is 5.82 Å². The number of anilines is 1. The largest absolute Gasteiger partial charge is 0.381 e. The second kappa shape index (κ2) is 5.86. The molecule has 0 saturated heterocycles. The van der Waals surface area contributed by atoms with E-state index in [0.29, 0.717) is 12.1 Å². The van der Waals surface area contributed by atoms with Gasteiger partial charge in [-0.25, -0.2) is 4.39 Å². The highest BCUT2D eigenvalue weighted by atomic mass is 79.9. The summed E-state index contributed by atoms with van der Waals surface area (Å²) in [6.07, 6.45) is 0. The van der Waals surface area contributed by atoms with E-state index in [4.69, 9.17) is 0 Å². The lowest BCUT2D eigenvalue weighted by Gasteiger charge is -2.09. The number of hydrogen-bond acceptors (Lipinski definition) is 1. The van der Waals surface area contributed by atoms with Crippen LogP contribution in [0.2, 0.25) is 0 Å². The van der Waals surface area contributed by atoms with Gasteiger partial charge < -0.3 is 5.32 Å². The standard InChI is InChI=1S/C18H15BrFN/c1-12-2-3-13(8-18(12)20)11-21-17-7-5-14-9-16(19)6-4-15(14)10-17/h2-10,21H,11H2,1H3. The van der Waals surface area contributed by atoms with Crippen molar-refractivity contribution in [2.45, 2.75) is 13.5 Å². The molecule has 21 heavy (non-hydrogen) atoms. The fourth-order valence-corrected chi connectivity index (χ4v) is 2.66. The van der Waals surface area contributed by atoms with E-state index >= 15 is 0 Å². The highest BCUT2D eigenvalue weighted by Gasteiger charge is 2.01. The maximum Gasteiger partial charge on any atom is 0.126 e. The molecule has 1 N–H and O–H groups in total. The Labute approximate surface area is 131 Å². The van der Waals surface area contributed by atoms with Crippen LogP contribution in [0.1, 0.15) is 11.1 Å². The fraction of sp³-hybridized carbons (Fsp3) is 0.111. The maximum atomic E-state index is 13.5. The fourth-order valence-electron chi connectivity index (χ4n) is 2.28. The van der Waals surface area contributed by atoms with Crippen LogP contribution in [0.15, 0.2) is 59.1 Å². The van der Waals surface area contributed by atoms with Crippen LogP contribution in [-0.2, 0) is 6.54 Å². The first kappa shape index (κ1) is 14.1. The molecule has 0 unspecified atom stereocenters. The van der Waals surface area contributed by atoms with Gasteiger partial charge in [-0.05, 0) is 59.2 Å². The number of nitrogens with one attached hydrogen (secondary N) is 1. The molecule has 0 aromatic heterocycles. The molecule has 3 rings (SSSR count). The van der Waals surface area contributed by atoms with E-state index in [1.54, 1.807) is 13.0 Å². The van der Waals surface area contributed by atoms with Gasteiger partial charge in [0.25, 0.3) is 0 Å². The Morgan fingerprint density at radius 2 is 1.71 bits per heavy atom. The number of fused-ring (bicyclic) bond motifs is 1. The van der Waals surface area contributed by atoms with E-state index in [-0.39, 0.29) is 5.82 Å². The SMILES string of the molecule is Cc1ccc(CNc2ccc3cc(Br)ccc3c2)cc1F. The van der Waals surface area contributed by atoms with Crippen molar-refractivity contribution >= 4 is 32.4 Å². The number of aryl methyl sites for hydroxylation is 1. The van der Waals surface area contributed by atoms with Crippen molar-refractivity contribution in [3.05, 3.63) is 76.0 Å². The molecule has 0 aliphatic rings. The highest BCUT2D eigenvalue weighted by molar-refractivity contribution is 9.10. The summed E-state index contributed by atoms with van der Waals surface area (Å²) in [6, 6.07) is 17.8. The first-order valence-corrected chi connectivity index (χ1v) is 7.59.